The first kappa shape index (κ1) is 17.4. The summed E-state index contributed by atoms with van der Waals surface area (Å²) in [6.45, 7) is 5.65. The number of benzene rings is 1. The van der Waals surface area contributed by atoms with Gasteiger partial charge in [-0.25, -0.2) is 0 Å². The van der Waals surface area contributed by atoms with E-state index in [0.717, 1.165) is 5.75 Å². The molecule has 0 aliphatic rings. The monoisotopic (exact) mass is 310 g/mol. The number of carbonyl (C=O) groups is 2. The highest BCUT2D eigenvalue weighted by Crippen LogP contribution is 2.28. The molecule has 0 unspecified atom stereocenters. The van der Waals surface area contributed by atoms with E-state index in [1.165, 1.54) is 18.9 Å². The van der Waals surface area contributed by atoms with Crippen LogP contribution in [0.15, 0.2) is 18.2 Å². The zero-order valence-corrected chi connectivity index (χ0v) is 13.7. The molecule has 0 saturated heterocycles. The fourth-order valence-electron chi connectivity index (χ4n) is 1.82. The first-order valence-corrected chi connectivity index (χ1v) is 7.69. The van der Waals surface area contributed by atoms with Gasteiger partial charge in [0.15, 0.2) is 5.78 Å². The van der Waals surface area contributed by atoms with E-state index in [-0.39, 0.29) is 18.1 Å². The molecule has 0 aromatic heterocycles. The summed E-state index contributed by atoms with van der Waals surface area (Å²) in [6, 6.07) is 4.96. The lowest BCUT2D eigenvalue weighted by molar-refractivity contribution is -0.126. The van der Waals surface area contributed by atoms with Crippen LogP contribution in [-0.2, 0) is 9.59 Å². The summed E-state index contributed by atoms with van der Waals surface area (Å²) in [5.74, 6) is 0.860. The van der Waals surface area contributed by atoms with E-state index in [1.807, 2.05) is 20.8 Å². The van der Waals surface area contributed by atoms with Crippen molar-refractivity contribution >= 4 is 34.8 Å². The lowest BCUT2D eigenvalue weighted by atomic mass is 10.0. The number of ketones is 1. The SMILES string of the molecule is CCSC(C)(C)C(=O)CC(=O)Nc1cc(N)ccc1OC. The van der Waals surface area contributed by atoms with Crippen LogP contribution in [0.5, 0.6) is 5.75 Å². The van der Waals surface area contributed by atoms with Crippen molar-refractivity contribution in [1.82, 2.24) is 0 Å². The Balaban J connectivity index is 2.74. The van der Waals surface area contributed by atoms with E-state index in [2.05, 4.69) is 5.32 Å². The Kier molecular flexibility index (Phi) is 6.08. The van der Waals surface area contributed by atoms with Crippen molar-refractivity contribution in [3.05, 3.63) is 18.2 Å². The molecule has 0 fully saturated rings. The number of nitrogen functional groups attached to an aromatic ring is 1. The van der Waals surface area contributed by atoms with Crippen molar-refractivity contribution in [3.8, 4) is 5.75 Å². The van der Waals surface area contributed by atoms with Gasteiger partial charge in [0.25, 0.3) is 0 Å². The maximum atomic E-state index is 12.1. The standard InChI is InChI=1S/C15H22N2O3S/c1-5-21-15(2,3)13(18)9-14(19)17-11-8-10(16)6-7-12(11)20-4/h6-8H,5,9,16H2,1-4H3,(H,17,19). The van der Waals surface area contributed by atoms with Crippen LogP contribution in [0.1, 0.15) is 27.2 Å². The number of ether oxygens (including phenoxy) is 1. The first-order valence-electron chi connectivity index (χ1n) is 6.70. The molecule has 5 nitrogen and oxygen atoms in total. The van der Waals surface area contributed by atoms with Gasteiger partial charge in [0.2, 0.25) is 5.91 Å². The first-order chi connectivity index (χ1) is 9.80. The summed E-state index contributed by atoms with van der Waals surface area (Å²) < 4.78 is 4.59. The van der Waals surface area contributed by atoms with Crippen LogP contribution in [0, 0.1) is 0 Å². The molecule has 1 amide bonds. The molecular weight excluding hydrogens is 288 g/mol. The molecule has 1 rings (SSSR count). The quantitative estimate of drug-likeness (QED) is 0.598. The molecule has 116 valence electrons. The highest BCUT2D eigenvalue weighted by Gasteiger charge is 2.29. The normalized spacial score (nSPS) is 11.0. The topological polar surface area (TPSA) is 81.4 Å². The van der Waals surface area contributed by atoms with Crippen LogP contribution in [-0.4, -0.2) is 29.3 Å². The molecule has 0 radical (unpaired) electrons. The molecule has 0 heterocycles. The van der Waals surface area contributed by atoms with E-state index >= 15 is 0 Å². The van der Waals surface area contributed by atoms with Gasteiger partial charge in [-0.3, -0.25) is 9.59 Å². The number of amides is 1. The number of nitrogens with two attached hydrogens (primary N) is 1. The molecule has 3 N–H and O–H groups in total. The summed E-state index contributed by atoms with van der Waals surface area (Å²) >= 11 is 1.53. The van der Waals surface area contributed by atoms with Crippen molar-refractivity contribution < 1.29 is 14.3 Å². The van der Waals surface area contributed by atoms with Crippen molar-refractivity contribution in [1.29, 1.82) is 0 Å². The van der Waals surface area contributed by atoms with Crippen LogP contribution in [0.25, 0.3) is 0 Å². The van der Waals surface area contributed by atoms with Crippen molar-refractivity contribution in [2.75, 3.05) is 23.9 Å². The van der Waals surface area contributed by atoms with Gasteiger partial charge in [0.05, 0.1) is 24.0 Å². The van der Waals surface area contributed by atoms with Crippen molar-refractivity contribution in [2.24, 2.45) is 0 Å². The second kappa shape index (κ2) is 7.36. The third kappa shape index (κ3) is 4.97. The zero-order chi connectivity index (χ0) is 16.0. The Hall–Kier alpha value is -1.69. The predicted octanol–water partition coefficient (Wildman–Crippen LogP) is 2.71. The fraction of sp³-hybridized carbons (Fsp3) is 0.467. The number of thioether (sulfide) groups is 1. The van der Waals surface area contributed by atoms with Gasteiger partial charge in [-0.05, 0) is 37.8 Å². The molecule has 1 aromatic carbocycles. The molecule has 0 aliphatic carbocycles. The third-order valence-electron chi connectivity index (χ3n) is 3.00. The second-order valence-electron chi connectivity index (χ2n) is 5.05. The van der Waals surface area contributed by atoms with Crippen molar-refractivity contribution in [3.63, 3.8) is 0 Å². The summed E-state index contributed by atoms with van der Waals surface area (Å²) in [7, 11) is 1.51. The van der Waals surface area contributed by atoms with E-state index in [0.29, 0.717) is 17.1 Å². The molecule has 0 atom stereocenters. The number of methoxy groups -OCH3 is 1. The van der Waals surface area contributed by atoms with Crippen LogP contribution in [0.3, 0.4) is 0 Å². The highest BCUT2D eigenvalue weighted by atomic mass is 32.2. The van der Waals surface area contributed by atoms with Gasteiger partial charge >= 0.3 is 0 Å². The molecule has 6 heteroatoms. The minimum atomic E-state index is -0.564. The van der Waals surface area contributed by atoms with Gasteiger partial charge in [-0.15, -0.1) is 11.8 Å². The van der Waals surface area contributed by atoms with E-state index < -0.39 is 4.75 Å². The number of anilines is 2. The largest absolute Gasteiger partial charge is 0.495 e. The number of hydrogen-bond acceptors (Lipinski definition) is 5. The molecule has 0 spiro atoms. The van der Waals surface area contributed by atoms with E-state index in [9.17, 15) is 9.59 Å². The smallest absolute Gasteiger partial charge is 0.231 e. The fourth-order valence-corrected chi connectivity index (χ4v) is 2.77. The Morgan fingerprint density at radius 1 is 1.38 bits per heavy atom. The second-order valence-corrected chi connectivity index (χ2v) is 6.94. The lowest BCUT2D eigenvalue weighted by Crippen LogP contribution is -2.31. The lowest BCUT2D eigenvalue weighted by Gasteiger charge is -2.21. The van der Waals surface area contributed by atoms with Crippen molar-refractivity contribution in [2.45, 2.75) is 31.9 Å². The van der Waals surface area contributed by atoms with Gasteiger partial charge < -0.3 is 15.8 Å². The maximum absolute atomic E-state index is 12.1. The van der Waals surface area contributed by atoms with Crippen LogP contribution < -0.4 is 15.8 Å². The van der Waals surface area contributed by atoms with E-state index in [4.69, 9.17) is 10.5 Å². The molecular formula is C15H22N2O3S. The highest BCUT2D eigenvalue weighted by molar-refractivity contribution is 8.01. The number of carbonyl (C=O) groups excluding carboxylic acids is 2. The molecule has 0 aliphatic heterocycles. The summed E-state index contributed by atoms with van der Waals surface area (Å²) in [5, 5.41) is 2.67. The molecule has 0 bridgehead atoms. The minimum absolute atomic E-state index is 0.102. The Morgan fingerprint density at radius 3 is 2.62 bits per heavy atom. The molecule has 0 saturated carbocycles. The van der Waals surface area contributed by atoms with Gasteiger partial charge in [0, 0.05) is 5.69 Å². The summed E-state index contributed by atoms with van der Waals surface area (Å²) in [4.78, 5) is 24.2. The van der Waals surface area contributed by atoms with Gasteiger partial charge in [-0.2, -0.15) is 0 Å². The summed E-state index contributed by atoms with van der Waals surface area (Å²) in [5.41, 5.74) is 6.67. The zero-order valence-electron chi connectivity index (χ0n) is 12.9. The van der Waals surface area contributed by atoms with Gasteiger partial charge in [0.1, 0.15) is 5.75 Å². The average molecular weight is 310 g/mol. The maximum Gasteiger partial charge on any atom is 0.231 e. The van der Waals surface area contributed by atoms with Crippen LogP contribution in [0.4, 0.5) is 11.4 Å². The van der Waals surface area contributed by atoms with E-state index in [1.54, 1.807) is 18.2 Å². The average Bonchev–Trinajstić information content (AvgIpc) is 2.38. The Labute approximate surface area is 129 Å². The number of rotatable bonds is 7. The van der Waals surface area contributed by atoms with Crippen LogP contribution in [0.2, 0.25) is 0 Å². The predicted molar refractivity (Wildman–Crippen MR) is 87.9 cm³/mol. The number of nitrogens with one attached hydrogen (secondary N) is 1. The minimum Gasteiger partial charge on any atom is -0.495 e. The number of hydrogen-bond donors (Lipinski definition) is 2. The third-order valence-corrected chi connectivity index (χ3v) is 4.23. The number of Topliss-reactive ketones (excluding diaryl/α,β-unsaturated/α-hetero) is 1. The molecule has 21 heavy (non-hydrogen) atoms. The molecule has 1 aromatic rings. The Bertz CT molecular complexity index is 530. The summed E-state index contributed by atoms with van der Waals surface area (Å²) in [6.07, 6.45) is -0.169. The Morgan fingerprint density at radius 2 is 2.05 bits per heavy atom. The van der Waals surface area contributed by atoms with Crippen LogP contribution >= 0.6 is 11.8 Å². The van der Waals surface area contributed by atoms with Gasteiger partial charge in [-0.1, -0.05) is 6.92 Å².